The zero-order valence-electron chi connectivity index (χ0n) is 14.2. The Morgan fingerprint density at radius 2 is 1.87 bits per heavy atom. The van der Waals surface area contributed by atoms with E-state index >= 15 is 0 Å². The third-order valence-electron chi connectivity index (χ3n) is 4.32. The van der Waals surface area contributed by atoms with Gasteiger partial charge in [-0.3, -0.25) is 0 Å². The van der Waals surface area contributed by atoms with Crippen LogP contribution in [0.2, 0.25) is 0 Å². The first-order valence-electron chi connectivity index (χ1n) is 8.48. The van der Waals surface area contributed by atoms with Crippen molar-refractivity contribution >= 4 is 6.03 Å². The maximum absolute atomic E-state index is 11.8. The van der Waals surface area contributed by atoms with Crippen molar-refractivity contribution in [1.82, 2.24) is 10.6 Å². The molecule has 0 spiro atoms. The SMILES string of the molecule is COc1ccc(CCCNC(=O)NC2CCCCC2)cc1OC. The van der Waals surface area contributed by atoms with Crippen molar-refractivity contribution < 1.29 is 14.3 Å². The number of urea groups is 1. The molecule has 0 atom stereocenters. The molecule has 1 saturated carbocycles. The van der Waals surface area contributed by atoms with Crippen molar-refractivity contribution in [3.05, 3.63) is 23.8 Å². The van der Waals surface area contributed by atoms with E-state index in [-0.39, 0.29) is 6.03 Å². The van der Waals surface area contributed by atoms with Crippen LogP contribution in [0.3, 0.4) is 0 Å². The van der Waals surface area contributed by atoms with E-state index in [4.69, 9.17) is 9.47 Å². The number of benzene rings is 1. The van der Waals surface area contributed by atoms with Gasteiger partial charge in [-0.15, -0.1) is 0 Å². The normalized spacial score (nSPS) is 15.0. The summed E-state index contributed by atoms with van der Waals surface area (Å²) in [4.78, 5) is 11.8. The summed E-state index contributed by atoms with van der Waals surface area (Å²) in [6, 6.07) is 6.25. The number of carbonyl (C=O) groups excluding carboxylic acids is 1. The van der Waals surface area contributed by atoms with E-state index in [1.54, 1.807) is 14.2 Å². The topological polar surface area (TPSA) is 59.6 Å². The summed E-state index contributed by atoms with van der Waals surface area (Å²) in [6.07, 6.45) is 7.76. The lowest BCUT2D eigenvalue weighted by molar-refractivity contribution is 0.232. The average Bonchev–Trinajstić information content (AvgIpc) is 2.59. The molecule has 1 fully saturated rings. The van der Waals surface area contributed by atoms with Gasteiger partial charge in [0.2, 0.25) is 0 Å². The summed E-state index contributed by atoms with van der Waals surface area (Å²) >= 11 is 0. The number of carbonyl (C=O) groups is 1. The van der Waals surface area contributed by atoms with Crippen LogP contribution in [0.5, 0.6) is 11.5 Å². The molecule has 0 heterocycles. The van der Waals surface area contributed by atoms with Crippen LogP contribution in [0.1, 0.15) is 44.1 Å². The number of nitrogens with one attached hydrogen (secondary N) is 2. The first-order valence-corrected chi connectivity index (χ1v) is 8.48. The molecule has 1 aromatic rings. The van der Waals surface area contributed by atoms with E-state index in [1.165, 1.54) is 24.8 Å². The standard InChI is InChI=1S/C18H28N2O3/c1-22-16-11-10-14(13-17(16)23-2)7-6-12-19-18(21)20-15-8-4-3-5-9-15/h10-11,13,15H,3-9,12H2,1-2H3,(H2,19,20,21). The summed E-state index contributed by atoms with van der Waals surface area (Å²) in [5.41, 5.74) is 1.18. The Labute approximate surface area is 138 Å². The lowest BCUT2D eigenvalue weighted by Crippen LogP contribution is -2.43. The Morgan fingerprint density at radius 3 is 2.57 bits per heavy atom. The lowest BCUT2D eigenvalue weighted by Gasteiger charge is -2.22. The summed E-state index contributed by atoms with van der Waals surface area (Å²) in [5, 5.41) is 6.01. The highest BCUT2D eigenvalue weighted by molar-refractivity contribution is 5.74. The van der Waals surface area contributed by atoms with Crippen LogP contribution in [0, 0.1) is 0 Å². The lowest BCUT2D eigenvalue weighted by atomic mass is 9.96. The van der Waals surface area contributed by atoms with Gasteiger partial charge in [-0.1, -0.05) is 25.3 Å². The molecule has 0 unspecified atom stereocenters. The number of amides is 2. The summed E-state index contributed by atoms with van der Waals surface area (Å²) in [6.45, 7) is 0.674. The molecule has 2 N–H and O–H groups in total. The fraction of sp³-hybridized carbons (Fsp3) is 0.611. The molecule has 5 nitrogen and oxygen atoms in total. The molecule has 0 radical (unpaired) electrons. The molecule has 1 aliphatic carbocycles. The second-order valence-corrected chi connectivity index (χ2v) is 6.03. The van der Waals surface area contributed by atoms with E-state index in [2.05, 4.69) is 10.6 Å². The zero-order chi connectivity index (χ0) is 16.5. The van der Waals surface area contributed by atoms with Crippen molar-refractivity contribution in [2.75, 3.05) is 20.8 Å². The summed E-state index contributed by atoms with van der Waals surface area (Å²) < 4.78 is 10.5. The Kier molecular flexibility index (Phi) is 7.04. The van der Waals surface area contributed by atoms with E-state index in [0.717, 1.165) is 37.2 Å². The van der Waals surface area contributed by atoms with Gasteiger partial charge < -0.3 is 20.1 Å². The molecule has 128 valence electrons. The van der Waals surface area contributed by atoms with Crippen LogP contribution in [0.15, 0.2) is 18.2 Å². The zero-order valence-corrected chi connectivity index (χ0v) is 14.2. The maximum Gasteiger partial charge on any atom is 0.315 e. The molecule has 1 aliphatic rings. The quantitative estimate of drug-likeness (QED) is 0.758. The molecule has 5 heteroatoms. The molecule has 0 bridgehead atoms. The number of hydrogen-bond donors (Lipinski definition) is 2. The second-order valence-electron chi connectivity index (χ2n) is 6.03. The van der Waals surface area contributed by atoms with Crippen LogP contribution in [0.4, 0.5) is 4.79 Å². The van der Waals surface area contributed by atoms with E-state index in [0.29, 0.717) is 12.6 Å². The minimum atomic E-state index is -0.0378. The predicted molar refractivity (Wildman–Crippen MR) is 91.3 cm³/mol. The maximum atomic E-state index is 11.8. The van der Waals surface area contributed by atoms with Gasteiger partial charge in [-0.05, 0) is 43.4 Å². The Morgan fingerprint density at radius 1 is 1.13 bits per heavy atom. The summed E-state index contributed by atoms with van der Waals surface area (Å²) in [7, 11) is 3.27. The molecule has 1 aromatic carbocycles. The van der Waals surface area contributed by atoms with Crippen LogP contribution >= 0.6 is 0 Å². The smallest absolute Gasteiger partial charge is 0.315 e. The average molecular weight is 320 g/mol. The van der Waals surface area contributed by atoms with Crippen molar-refractivity contribution in [3.63, 3.8) is 0 Å². The third-order valence-corrected chi connectivity index (χ3v) is 4.32. The number of rotatable bonds is 7. The Balaban J connectivity index is 1.67. The van der Waals surface area contributed by atoms with Gasteiger partial charge in [0.15, 0.2) is 11.5 Å². The third kappa shape index (κ3) is 5.66. The largest absolute Gasteiger partial charge is 0.493 e. The van der Waals surface area contributed by atoms with Crippen LogP contribution in [-0.2, 0) is 6.42 Å². The first-order chi connectivity index (χ1) is 11.2. The minimum absolute atomic E-state index is 0.0378. The Bertz CT molecular complexity index is 499. The molecule has 0 aliphatic heterocycles. The molecule has 0 saturated heterocycles. The van der Waals surface area contributed by atoms with Gasteiger partial charge >= 0.3 is 6.03 Å². The molecule has 23 heavy (non-hydrogen) atoms. The van der Waals surface area contributed by atoms with Crippen molar-refractivity contribution in [2.24, 2.45) is 0 Å². The van der Waals surface area contributed by atoms with Crippen LogP contribution in [-0.4, -0.2) is 32.8 Å². The van der Waals surface area contributed by atoms with Crippen molar-refractivity contribution in [2.45, 2.75) is 51.0 Å². The highest BCUT2D eigenvalue weighted by Gasteiger charge is 2.15. The van der Waals surface area contributed by atoms with Gasteiger partial charge in [-0.25, -0.2) is 4.79 Å². The predicted octanol–water partition coefficient (Wildman–Crippen LogP) is 3.27. The van der Waals surface area contributed by atoms with Crippen molar-refractivity contribution in [1.29, 1.82) is 0 Å². The minimum Gasteiger partial charge on any atom is -0.493 e. The number of ether oxygens (including phenoxy) is 2. The van der Waals surface area contributed by atoms with Gasteiger partial charge in [0, 0.05) is 12.6 Å². The summed E-state index contributed by atoms with van der Waals surface area (Å²) in [5.74, 6) is 1.48. The second kappa shape index (κ2) is 9.28. The fourth-order valence-electron chi connectivity index (χ4n) is 3.01. The first kappa shape index (κ1) is 17.4. The molecule has 2 amide bonds. The van der Waals surface area contributed by atoms with Gasteiger partial charge in [0.1, 0.15) is 0 Å². The monoisotopic (exact) mass is 320 g/mol. The molecular formula is C18H28N2O3. The van der Waals surface area contributed by atoms with Crippen molar-refractivity contribution in [3.8, 4) is 11.5 Å². The molecular weight excluding hydrogens is 292 g/mol. The number of aryl methyl sites for hydroxylation is 1. The van der Waals surface area contributed by atoms with E-state index in [9.17, 15) is 4.79 Å². The number of hydrogen-bond acceptors (Lipinski definition) is 3. The fourth-order valence-corrected chi connectivity index (χ4v) is 3.01. The highest BCUT2D eigenvalue weighted by Crippen LogP contribution is 2.27. The van der Waals surface area contributed by atoms with Crippen LogP contribution in [0.25, 0.3) is 0 Å². The Hall–Kier alpha value is -1.91. The van der Waals surface area contributed by atoms with E-state index in [1.807, 2.05) is 18.2 Å². The van der Waals surface area contributed by atoms with Gasteiger partial charge in [0.05, 0.1) is 14.2 Å². The molecule has 0 aromatic heterocycles. The van der Waals surface area contributed by atoms with Gasteiger partial charge in [0.25, 0.3) is 0 Å². The van der Waals surface area contributed by atoms with Crippen LogP contribution < -0.4 is 20.1 Å². The highest BCUT2D eigenvalue weighted by atomic mass is 16.5. The van der Waals surface area contributed by atoms with Gasteiger partial charge in [-0.2, -0.15) is 0 Å². The number of methoxy groups -OCH3 is 2. The van der Waals surface area contributed by atoms with E-state index < -0.39 is 0 Å². The molecule has 2 rings (SSSR count).